The van der Waals surface area contributed by atoms with Gasteiger partial charge in [-0.3, -0.25) is 34.4 Å². The summed E-state index contributed by atoms with van der Waals surface area (Å²) in [5.41, 5.74) is 1.89. The molecule has 0 spiro atoms. The molecular formula is C29H29FN6O5. The molecule has 1 unspecified atom stereocenters. The fraction of sp³-hybridized carbons (Fsp3) is 0.310. The van der Waals surface area contributed by atoms with Crippen molar-refractivity contribution in [1.82, 2.24) is 20.4 Å². The summed E-state index contributed by atoms with van der Waals surface area (Å²) >= 11 is 0. The number of aromatic nitrogens is 2. The molecule has 0 saturated carbocycles. The molecule has 3 heterocycles. The van der Waals surface area contributed by atoms with Gasteiger partial charge in [-0.25, -0.2) is 4.39 Å². The van der Waals surface area contributed by atoms with Crippen LogP contribution in [0.5, 0.6) is 0 Å². The van der Waals surface area contributed by atoms with Gasteiger partial charge in [0.15, 0.2) is 6.29 Å². The largest absolute Gasteiger partial charge is 0.371 e. The minimum absolute atomic E-state index is 0.0375. The molecule has 5 rings (SSSR count). The van der Waals surface area contributed by atoms with E-state index < -0.39 is 29.6 Å². The Bertz CT molecular complexity index is 1500. The Morgan fingerprint density at radius 2 is 1.88 bits per heavy atom. The zero-order valence-corrected chi connectivity index (χ0v) is 22.4. The minimum atomic E-state index is -0.793. The first-order valence-electron chi connectivity index (χ1n) is 13.3. The topological polar surface area (TPSA) is 145 Å². The number of H-pyrrole nitrogens is 1. The van der Waals surface area contributed by atoms with E-state index in [1.807, 2.05) is 0 Å². The van der Waals surface area contributed by atoms with Gasteiger partial charge in [0, 0.05) is 49.4 Å². The van der Waals surface area contributed by atoms with Crippen molar-refractivity contribution in [3.8, 4) is 0 Å². The number of rotatable bonds is 7. The highest BCUT2D eigenvalue weighted by Crippen LogP contribution is 2.33. The SMILES string of the molecule is CN(C(=O)c1ccc(N2CCC(c3ccc(C(=O)Nc4ccn[nH]4)cc3F)CC2)cc1C=O)C1CCC(=O)NC1=O. The number of carbonyl (C=O) groups excluding carboxylic acids is 5. The van der Waals surface area contributed by atoms with E-state index in [2.05, 4.69) is 25.7 Å². The summed E-state index contributed by atoms with van der Waals surface area (Å²) in [5.74, 6) is -1.88. The molecule has 2 aliphatic rings. The Hall–Kier alpha value is -4.87. The van der Waals surface area contributed by atoms with Gasteiger partial charge in [0.1, 0.15) is 17.7 Å². The van der Waals surface area contributed by atoms with Gasteiger partial charge < -0.3 is 15.1 Å². The van der Waals surface area contributed by atoms with E-state index in [4.69, 9.17) is 0 Å². The van der Waals surface area contributed by atoms with Gasteiger partial charge in [-0.05, 0) is 61.1 Å². The number of aldehydes is 1. The quantitative estimate of drug-likeness (QED) is 0.298. The van der Waals surface area contributed by atoms with Gasteiger partial charge in [0.2, 0.25) is 11.8 Å². The van der Waals surface area contributed by atoms with E-state index in [1.54, 1.807) is 36.4 Å². The van der Waals surface area contributed by atoms with E-state index in [0.29, 0.717) is 43.6 Å². The Kier molecular flexibility index (Phi) is 7.90. The molecule has 12 heteroatoms. The third-order valence-corrected chi connectivity index (χ3v) is 7.70. The molecule has 2 fully saturated rings. The third kappa shape index (κ3) is 5.86. The maximum Gasteiger partial charge on any atom is 0.256 e. The van der Waals surface area contributed by atoms with Crippen LogP contribution in [0, 0.1) is 5.82 Å². The average Bonchev–Trinajstić information content (AvgIpc) is 3.49. The smallest absolute Gasteiger partial charge is 0.256 e. The van der Waals surface area contributed by atoms with Crippen molar-refractivity contribution in [2.24, 2.45) is 0 Å². The predicted molar refractivity (Wildman–Crippen MR) is 147 cm³/mol. The number of piperidine rings is 2. The van der Waals surface area contributed by atoms with Gasteiger partial charge in [-0.2, -0.15) is 5.10 Å². The Labute approximate surface area is 235 Å². The summed E-state index contributed by atoms with van der Waals surface area (Å²) in [6, 6.07) is 10.3. The van der Waals surface area contributed by atoms with Gasteiger partial charge in [-0.1, -0.05) is 6.07 Å². The molecule has 41 heavy (non-hydrogen) atoms. The molecule has 3 aromatic rings. The fourth-order valence-corrected chi connectivity index (χ4v) is 5.39. The van der Waals surface area contributed by atoms with E-state index in [9.17, 15) is 24.0 Å². The molecule has 2 saturated heterocycles. The number of hydrogen-bond acceptors (Lipinski definition) is 7. The van der Waals surface area contributed by atoms with Crippen molar-refractivity contribution in [1.29, 1.82) is 0 Å². The second-order valence-electron chi connectivity index (χ2n) is 10.2. The van der Waals surface area contributed by atoms with Crippen LogP contribution >= 0.6 is 0 Å². The summed E-state index contributed by atoms with van der Waals surface area (Å²) in [5, 5.41) is 11.3. The van der Waals surface area contributed by atoms with Crippen molar-refractivity contribution >= 4 is 41.4 Å². The van der Waals surface area contributed by atoms with E-state index >= 15 is 4.39 Å². The highest BCUT2D eigenvalue weighted by atomic mass is 19.1. The lowest BCUT2D eigenvalue weighted by Crippen LogP contribution is -2.53. The first kappa shape index (κ1) is 27.7. The number of hydrogen-bond donors (Lipinski definition) is 3. The summed E-state index contributed by atoms with van der Waals surface area (Å²) < 4.78 is 15.0. The summed E-state index contributed by atoms with van der Waals surface area (Å²) in [4.78, 5) is 64.5. The van der Waals surface area contributed by atoms with Crippen molar-refractivity contribution < 1.29 is 28.4 Å². The van der Waals surface area contributed by atoms with Crippen LogP contribution in [0.4, 0.5) is 15.9 Å². The normalized spacial score (nSPS) is 17.6. The number of anilines is 2. The van der Waals surface area contributed by atoms with Crippen molar-refractivity contribution in [2.75, 3.05) is 30.4 Å². The van der Waals surface area contributed by atoms with E-state index in [-0.39, 0.29) is 41.4 Å². The van der Waals surface area contributed by atoms with Crippen LogP contribution in [0.15, 0.2) is 48.7 Å². The molecule has 0 aliphatic carbocycles. The van der Waals surface area contributed by atoms with E-state index in [1.165, 1.54) is 24.2 Å². The second-order valence-corrected chi connectivity index (χ2v) is 10.2. The molecule has 2 aromatic carbocycles. The van der Waals surface area contributed by atoms with Crippen LogP contribution in [0.25, 0.3) is 0 Å². The van der Waals surface area contributed by atoms with Crippen LogP contribution < -0.4 is 15.5 Å². The standard InChI is InChI=1S/C29H29FN6O5/c1-35(24-6-7-26(38)33-28(24)40)29(41)22-5-3-20(14-19(22)16-37)36-12-9-17(10-13-36)21-4-2-18(15-23(21)30)27(39)32-25-8-11-31-34-25/h2-5,8,11,14-17,24H,6-7,9-10,12-13H2,1H3,(H,33,38,40)(H2,31,32,34,39). The Morgan fingerprint density at radius 3 is 2.54 bits per heavy atom. The van der Waals surface area contributed by atoms with Crippen molar-refractivity contribution in [2.45, 2.75) is 37.6 Å². The number of aromatic amines is 1. The molecule has 11 nitrogen and oxygen atoms in total. The predicted octanol–water partition coefficient (Wildman–Crippen LogP) is 2.87. The van der Waals surface area contributed by atoms with Crippen molar-refractivity contribution in [3.63, 3.8) is 0 Å². The maximum absolute atomic E-state index is 15.0. The number of amides is 4. The number of likely N-dealkylation sites (N-methyl/N-ethyl adjacent to an activating group) is 1. The zero-order valence-electron chi connectivity index (χ0n) is 22.4. The van der Waals surface area contributed by atoms with Crippen LogP contribution in [-0.4, -0.2) is 71.2 Å². The second kappa shape index (κ2) is 11.7. The van der Waals surface area contributed by atoms with Crippen LogP contribution in [0.3, 0.4) is 0 Å². The molecule has 1 aromatic heterocycles. The number of imide groups is 1. The molecule has 0 bridgehead atoms. The van der Waals surface area contributed by atoms with Gasteiger partial charge in [0.05, 0.1) is 11.8 Å². The monoisotopic (exact) mass is 560 g/mol. The first-order chi connectivity index (χ1) is 19.7. The lowest BCUT2D eigenvalue weighted by Gasteiger charge is -2.34. The van der Waals surface area contributed by atoms with Crippen LogP contribution in [0.2, 0.25) is 0 Å². The van der Waals surface area contributed by atoms with Gasteiger partial charge in [0.25, 0.3) is 11.8 Å². The summed E-state index contributed by atoms with van der Waals surface area (Å²) in [7, 11) is 1.48. The molecule has 2 aliphatic heterocycles. The summed E-state index contributed by atoms with van der Waals surface area (Å²) in [6.07, 6.45) is 3.79. The van der Waals surface area contributed by atoms with Crippen LogP contribution in [-0.2, 0) is 9.59 Å². The zero-order chi connectivity index (χ0) is 29.1. The minimum Gasteiger partial charge on any atom is -0.371 e. The van der Waals surface area contributed by atoms with Crippen molar-refractivity contribution in [3.05, 3.63) is 76.7 Å². The van der Waals surface area contributed by atoms with Gasteiger partial charge >= 0.3 is 0 Å². The van der Waals surface area contributed by atoms with Crippen LogP contribution in [0.1, 0.15) is 68.2 Å². The molecule has 4 amide bonds. The maximum atomic E-state index is 15.0. The highest BCUT2D eigenvalue weighted by Gasteiger charge is 2.33. The highest BCUT2D eigenvalue weighted by molar-refractivity contribution is 6.06. The lowest BCUT2D eigenvalue weighted by molar-refractivity contribution is -0.136. The molecule has 3 N–H and O–H groups in total. The number of benzene rings is 2. The molecule has 0 radical (unpaired) electrons. The number of halogens is 1. The van der Waals surface area contributed by atoms with E-state index in [0.717, 1.165) is 5.69 Å². The summed E-state index contributed by atoms with van der Waals surface area (Å²) in [6.45, 7) is 1.21. The number of nitrogens with zero attached hydrogens (tertiary/aromatic N) is 3. The first-order valence-corrected chi connectivity index (χ1v) is 13.3. The average molecular weight is 561 g/mol. The third-order valence-electron chi connectivity index (χ3n) is 7.70. The van der Waals surface area contributed by atoms with Gasteiger partial charge in [-0.15, -0.1) is 0 Å². The molecule has 212 valence electrons. The molecule has 1 atom stereocenters. The number of carbonyl (C=O) groups is 5. The fourth-order valence-electron chi connectivity index (χ4n) is 5.39. The molecular weight excluding hydrogens is 531 g/mol. The lowest BCUT2D eigenvalue weighted by atomic mass is 9.88. The number of nitrogens with one attached hydrogen (secondary N) is 3. The Balaban J connectivity index is 1.23. The Morgan fingerprint density at radius 1 is 1.10 bits per heavy atom.